The van der Waals surface area contributed by atoms with E-state index in [1.165, 1.54) is 0 Å². The Morgan fingerprint density at radius 3 is 2.20 bits per heavy atom. The van der Waals surface area contributed by atoms with Gasteiger partial charge in [-0.1, -0.05) is 0 Å². The van der Waals surface area contributed by atoms with Crippen molar-refractivity contribution in [1.29, 1.82) is 0 Å². The summed E-state index contributed by atoms with van der Waals surface area (Å²) < 4.78 is 24.0. The summed E-state index contributed by atoms with van der Waals surface area (Å²) in [6.07, 6.45) is 0.278. The number of alkyl halides is 2. The van der Waals surface area contributed by atoms with Gasteiger partial charge in [-0.15, -0.1) is 0 Å². The van der Waals surface area contributed by atoms with Gasteiger partial charge in [0.15, 0.2) is 0 Å². The van der Waals surface area contributed by atoms with Crippen molar-refractivity contribution in [3.8, 4) is 0 Å². The summed E-state index contributed by atoms with van der Waals surface area (Å²) >= 11 is 0. The van der Waals surface area contributed by atoms with Crippen LogP contribution in [0.1, 0.15) is 6.92 Å². The van der Waals surface area contributed by atoms with Crippen LogP contribution >= 0.6 is 0 Å². The number of allylic oxidation sites excluding steroid dienone is 1. The minimum atomic E-state index is -3.25. The lowest BCUT2D eigenvalue weighted by Crippen LogP contribution is -2.21. The van der Waals surface area contributed by atoms with Crippen LogP contribution in [0.3, 0.4) is 0 Å². The Bertz CT molecular complexity index is 171. The highest BCUT2D eigenvalue weighted by molar-refractivity contribution is 5.80. The molecule has 0 amide bonds. The van der Waals surface area contributed by atoms with Crippen molar-refractivity contribution in [3.05, 3.63) is 11.8 Å². The van der Waals surface area contributed by atoms with E-state index in [0.717, 1.165) is 0 Å². The van der Waals surface area contributed by atoms with Crippen LogP contribution in [-0.2, 0) is 4.79 Å². The average Bonchev–Trinajstić information content (AvgIpc) is 1.60. The summed E-state index contributed by atoms with van der Waals surface area (Å²) in [7, 11) is 0. The van der Waals surface area contributed by atoms with Gasteiger partial charge in [0.25, 0.3) is 5.92 Å². The van der Waals surface area contributed by atoms with Gasteiger partial charge in [-0.3, -0.25) is 0 Å². The molecule has 0 fully saturated rings. The van der Waals surface area contributed by atoms with Crippen molar-refractivity contribution in [1.82, 2.24) is 0 Å². The molecule has 0 radical (unpaired) electrons. The van der Waals surface area contributed by atoms with Crippen LogP contribution in [0, 0.1) is 0 Å². The molecule has 0 heterocycles. The Labute approximate surface area is 56.1 Å². The summed E-state index contributed by atoms with van der Waals surface area (Å²) in [4.78, 5) is 9.77. The first kappa shape index (κ1) is 8.87. The third-order valence-electron chi connectivity index (χ3n) is 0.786. The Morgan fingerprint density at radius 2 is 2.10 bits per heavy atom. The van der Waals surface area contributed by atoms with E-state index in [4.69, 9.17) is 5.11 Å². The van der Waals surface area contributed by atoms with E-state index in [9.17, 15) is 13.6 Å². The van der Waals surface area contributed by atoms with Gasteiger partial charge in [-0.2, -0.15) is 0 Å². The lowest BCUT2D eigenvalue weighted by atomic mass is 10.3. The van der Waals surface area contributed by atoms with Crippen LogP contribution in [0.5, 0.6) is 0 Å². The highest BCUT2D eigenvalue weighted by atomic mass is 19.3. The van der Waals surface area contributed by atoms with Crippen molar-refractivity contribution >= 4 is 5.97 Å². The van der Waals surface area contributed by atoms with E-state index in [1.807, 2.05) is 0 Å². The predicted molar refractivity (Wildman–Crippen MR) is 30.5 cm³/mol. The van der Waals surface area contributed by atoms with E-state index in [-0.39, 0.29) is 6.08 Å². The van der Waals surface area contributed by atoms with E-state index in [0.29, 0.717) is 6.92 Å². The molecule has 0 aliphatic rings. The monoisotopic (exact) mass is 151 g/mol. The van der Waals surface area contributed by atoms with Crippen LogP contribution in [0.2, 0.25) is 0 Å². The molecule has 0 aliphatic carbocycles. The molecule has 0 rings (SSSR count). The molecule has 10 heavy (non-hydrogen) atoms. The van der Waals surface area contributed by atoms with E-state index in [1.54, 1.807) is 0 Å². The third-order valence-corrected chi connectivity index (χ3v) is 0.786. The number of carbonyl (C=O) groups is 1. The SMILES string of the molecule is CC(F)(F)/C(N)=C/C(=O)O. The largest absolute Gasteiger partial charge is 0.478 e. The smallest absolute Gasteiger partial charge is 0.330 e. The Balaban J connectivity index is 4.35. The van der Waals surface area contributed by atoms with Crippen molar-refractivity contribution < 1.29 is 18.7 Å². The van der Waals surface area contributed by atoms with Gasteiger partial charge >= 0.3 is 5.97 Å². The summed E-state index contributed by atoms with van der Waals surface area (Å²) in [5.41, 5.74) is 3.74. The number of hydrogen-bond acceptors (Lipinski definition) is 2. The van der Waals surface area contributed by atoms with Crippen LogP contribution < -0.4 is 5.73 Å². The van der Waals surface area contributed by atoms with Crippen molar-refractivity contribution in [2.24, 2.45) is 5.73 Å². The van der Waals surface area contributed by atoms with Gasteiger partial charge in [0.2, 0.25) is 0 Å². The number of aliphatic carboxylic acids is 1. The summed E-state index contributed by atoms with van der Waals surface area (Å²) in [5, 5.41) is 7.96. The second-order valence-electron chi connectivity index (χ2n) is 1.83. The molecule has 0 bridgehead atoms. The molecule has 58 valence electrons. The van der Waals surface area contributed by atoms with E-state index < -0.39 is 17.6 Å². The molecule has 3 nitrogen and oxygen atoms in total. The summed E-state index contributed by atoms with van der Waals surface area (Å²) in [5.74, 6) is -4.72. The summed E-state index contributed by atoms with van der Waals surface area (Å²) in [6, 6.07) is 0. The zero-order valence-electron chi connectivity index (χ0n) is 5.27. The number of rotatable bonds is 2. The first-order valence-corrected chi connectivity index (χ1v) is 2.42. The third kappa shape index (κ3) is 3.01. The number of nitrogens with two attached hydrogens (primary N) is 1. The minimum absolute atomic E-state index is 0.278. The molecule has 0 aliphatic heterocycles. The van der Waals surface area contributed by atoms with Gasteiger partial charge in [0.05, 0.1) is 5.70 Å². The van der Waals surface area contributed by atoms with Gasteiger partial charge < -0.3 is 10.8 Å². The number of carboxylic acid groups (broad SMARTS) is 1. The van der Waals surface area contributed by atoms with Crippen molar-refractivity contribution in [2.45, 2.75) is 12.8 Å². The van der Waals surface area contributed by atoms with Crippen molar-refractivity contribution in [2.75, 3.05) is 0 Å². The molecule has 5 heteroatoms. The predicted octanol–water partition coefficient (Wildman–Crippen LogP) is 0.569. The van der Waals surface area contributed by atoms with Gasteiger partial charge in [0.1, 0.15) is 0 Å². The van der Waals surface area contributed by atoms with Gasteiger partial charge in [-0.25, -0.2) is 13.6 Å². The highest BCUT2D eigenvalue weighted by Crippen LogP contribution is 2.17. The zero-order valence-corrected chi connectivity index (χ0v) is 5.27. The molecular weight excluding hydrogens is 144 g/mol. The molecule has 0 aromatic carbocycles. The van der Waals surface area contributed by atoms with Crippen LogP contribution in [-0.4, -0.2) is 17.0 Å². The topological polar surface area (TPSA) is 63.3 Å². The summed E-state index contributed by atoms with van der Waals surface area (Å²) in [6.45, 7) is 0.530. The quantitative estimate of drug-likeness (QED) is 0.567. The fourth-order valence-electron chi connectivity index (χ4n) is 0.260. The zero-order chi connectivity index (χ0) is 8.36. The lowest BCUT2D eigenvalue weighted by molar-refractivity contribution is -0.131. The van der Waals surface area contributed by atoms with E-state index >= 15 is 0 Å². The normalized spacial score (nSPS) is 13.3. The molecular formula is C5H7F2NO2. The van der Waals surface area contributed by atoms with Gasteiger partial charge in [-0.05, 0) is 0 Å². The molecule has 3 N–H and O–H groups in total. The van der Waals surface area contributed by atoms with Crippen LogP contribution in [0.15, 0.2) is 11.8 Å². The maximum atomic E-state index is 12.0. The molecule has 0 spiro atoms. The molecule has 0 aromatic rings. The maximum absolute atomic E-state index is 12.0. The standard InChI is InChI=1S/C5H7F2NO2/c1-5(6,7)3(8)2-4(9)10/h2H,8H2,1H3,(H,9,10)/b3-2-. The maximum Gasteiger partial charge on any atom is 0.330 e. The minimum Gasteiger partial charge on any atom is -0.478 e. The Hall–Kier alpha value is -1.13. The molecule has 0 atom stereocenters. The first-order valence-electron chi connectivity index (χ1n) is 2.42. The molecule has 0 saturated carbocycles. The fourth-order valence-corrected chi connectivity index (χ4v) is 0.260. The van der Waals surface area contributed by atoms with Crippen LogP contribution in [0.25, 0.3) is 0 Å². The molecule has 0 aromatic heterocycles. The number of halogens is 2. The Kier molecular flexibility index (Phi) is 2.34. The fraction of sp³-hybridized carbons (Fsp3) is 0.400. The molecule has 0 saturated heterocycles. The first-order chi connectivity index (χ1) is 4.34. The second kappa shape index (κ2) is 2.64. The molecule has 0 unspecified atom stereocenters. The van der Waals surface area contributed by atoms with E-state index in [2.05, 4.69) is 5.73 Å². The van der Waals surface area contributed by atoms with Crippen LogP contribution in [0.4, 0.5) is 8.78 Å². The number of carboxylic acids is 1. The van der Waals surface area contributed by atoms with Crippen molar-refractivity contribution in [3.63, 3.8) is 0 Å². The lowest BCUT2D eigenvalue weighted by Gasteiger charge is -2.08. The average molecular weight is 151 g/mol. The Morgan fingerprint density at radius 1 is 1.70 bits per heavy atom. The highest BCUT2D eigenvalue weighted by Gasteiger charge is 2.25. The second-order valence-corrected chi connectivity index (χ2v) is 1.83. The number of hydrogen-bond donors (Lipinski definition) is 2. The van der Waals surface area contributed by atoms with Gasteiger partial charge in [0, 0.05) is 13.0 Å².